The zero-order chi connectivity index (χ0) is 28.3. The number of nitrogens with one attached hydrogen (secondary N) is 1. The van der Waals surface area contributed by atoms with Crippen molar-refractivity contribution in [2.24, 2.45) is 0 Å². The van der Waals surface area contributed by atoms with Gasteiger partial charge >= 0.3 is 0 Å². The van der Waals surface area contributed by atoms with Crippen molar-refractivity contribution >= 4 is 33.9 Å². The molecule has 0 amide bonds. The molecule has 0 spiro atoms. The van der Waals surface area contributed by atoms with Gasteiger partial charge in [0, 0.05) is 28.8 Å². The van der Waals surface area contributed by atoms with Gasteiger partial charge in [0.1, 0.15) is 5.75 Å². The van der Waals surface area contributed by atoms with Crippen LogP contribution in [0.3, 0.4) is 0 Å². The summed E-state index contributed by atoms with van der Waals surface area (Å²) in [6.07, 6.45) is 12.3. The summed E-state index contributed by atoms with van der Waals surface area (Å²) >= 11 is 0. The lowest BCUT2D eigenvalue weighted by Crippen LogP contribution is -2.28. The highest BCUT2D eigenvalue weighted by Gasteiger charge is 2.29. The van der Waals surface area contributed by atoms with Crippen molar-refractivity contribution < 1.29 is 22.4 Å². The number of ketones is 1. The molecule has 0 unspecified atom stereocenters. The third kappa shape index (κ3) is 9.53. The van der Waals surface area contributed by atoms with E-state index in [0.717, 1.165) is 50.9 Å². The average Bonchev–Trinajstić information content (AvgIpc) is 3.22. The van der Waals surface area contributed by atoms with Crippen molar-refractivity contribution in [1.29, 1.82) is 0 Å². The molecule has 0 bridgehead atoms. The van der Waals surface area contributed by atoms with Crippen LogP contribution < -0.4 is 9.46 Å². The molecule has 3 rings (SSSR count). The molecule has 0 radical (unpaired) electrons. The van der Waals surface area contributed by atoms with Crippen LogP contribution in [-0.4, -0.2) is 51.6 Å². The van der Waals surface area contributed by atoms with Crippen LogP contribution in [0.5, 0.6) is 5.75 Å². The first-order chi connectivity index (χ1) is 18.8. The first kappa shape index (κ1) is 33.7. The van der Waals surface area contributed by atoms with Gasteiger partial charge in [-0.25, -0.2) is 8.42 Å². The monoisotopic (exact) mass is 592 g/mol. The van der Waals surface area contributed by atoms with Gasteiger partial charge in [0.15, 0.2) is 5.78 Å². The van der Waals surface area contributed by atoms with E-state index in [4.69, 9.17) is 9.15 Å². The number of hydrogen-bond acceptors (Lipinski definition) is 6. The second-order valence-corrected chi connectivity index (χ2v) is 11.9. The molecule has 1 N–H and O–H groups in total. The average molecular weight is 593 g/mol. The van der Waals surface area contributed by atoms with Crippen LogP contribution in [0.15, 0.2) is 47.3 Å². The number of benzene rings is 1. The Balaban J connectivity index is 0.00000560. The van der Waals surface area contributed by atoms with E-state index in [2.05, 4.69) is 30.4 Å². The minimum absolute atomic E-state index is 0. The van der Waals surface area contributed by atoms with E-state index in [1.54, 1.807) is 18.2 Å². The predicted octanol–water partition coefficient (Wildman–Crippen LogP) is 7.42. The lowest BCUT2D eigenvalue weighted by molar-refractivity contribution is 0.103. The number of unbranched alkanes of at least 4 members (excludes halogenated alkanes) is 3. The molecule has 0 saturated heterocycles. The van der Waals surface area contributed by atoms with Gasteiger partial charge in [-0.3, -0.25) is 9.52 Å². The molecule has 7 nitrogen and oxygen atoms in total. The molecule has 1 heterocycles. The highest BCUT2D eigenvalue weighted by atomic mass is 35.5. The van der Waals surface area contributed by atoms with Crippen molar-refractivity contribution in [2.45, 2.75) is 72.1 Å². The number of carbonyl (C=O) groups excluding carboxylic acids is 1. The van der Waals surface area contributed by atoms with Crippen LogP contribution in [0.4, 0.5) is 5.69 Å². The summed E-state index contributed by atoms with van der Waals surface area (Å²) < 4.78 is 38.4. The highest BCUT2D eigenvalue weighted by Crippen LogP contribution is 2.43. The Morgan fingerprint density at radius 1 is 0.900 bits per heavy atom. The number of rotatable bonds is 18. The predicted molar refractivity (Wildman–Crippen MR) is 166 cm³/mol. The van der Waals surface area contributed by atoms with Crippen LogP contribution in [0, 0.1) is 0 Å². The minimum Gasteiger partial charge on any atom is -0.494 e. The molecule has 1 aliphatic carbocycles. The van der Waals surface area contributed by atoms with Gasteiger partial charge in [-0.2, -0.15) is 0 Å². The van der Waals surface area contributed by atoms with Gasteiger partial charge in [-0.15, -0.1) is 12.4 Å². The molecule has 0 saturated carbocycles. The number of ether oxygens (including phenoxy) is 1. The number of fused-ring (bicyclic) bond motifs is 1. The lowest BCUT2D eigenvalue weighted by Gasteiger charge is -2.21. The number of halogens is 1. The summed E-state index contributed by atoms with van der Waals surface area (Å²) in [7, 11) is -3.54. The molecule has 0 aromatic heterocycles. The highest BCUT2D eigenvalue weighted by molar-refractivity contribution is 7.92. The zero-order valence-corrected chi connectivity index (χ0v) is 26.0. The summed E-state index contributed by atoms with van der Waals surface area (Å²) in [5.41, 5.74) is 3.45. The second kappa shape index (κ2) is 16.7. The van der Waals surface area contributed by atoms with Gasteiger partial charge in [-0.1, -0.05) is 40.0 Å². The normalized spacial score (nSPS) is 11.5. The number of hydrogen-bond donors (Lipinski definition) is 1. The van der Waals surface area contributed by atoms with Crippen molar-refractivity contribution in [3.05, 3.63) is 59.5 Å². The van der Waals surface area contributed by atoms with Crippen molar-refractivity contribution in [3.8, 4) is 16.9 Å². The number of nitrogens with zero attached hydrogens (tertiary/aromatic N) is 1. The Hall–Kier alpha value is -2.55. The molecule has 1 aromatic carbocycles. The summed E-state index contributed by atoms with van der Waals surface area (Å²) in [5, 5.41) is 0. The third-order valence-electron chi connectivity index (χ3n) is 6.89. The second-order valence-electron chi connectivity index (χ2n) is 10.2. The fraction of sp³-hybridized carbons (Fsp3) is 0.516. The Morgan fingerprint density at radius 2 is 1.52 bits per heavy atom. The Bertz CT molecular complexity index is 1250. The maximum atomic E-state index is 13.8. The van der Waals surface area contributed by atoms with Crippen LogP contribution in [0.2, 0.25) is 0 Å². The molecule has 1 aliphatic heterocycles. The zero-order valence-electron chi connectivity index (χ0n) is 24.3. The van der Waals surface area contributed by atoms with Crippen LogP contribution in [0.1, 0.15) is 87.2 Å². The molecule has 2 aliphatic rings. The largest absolute Gasteiger partial charge is 0.494 e. The van der Waals surface area contributed by atoms with Gasteiger partial charge in [0.25, 0.3) is 0 Å². The SMILES string of the molecule is CCCCc1c(NS(C)(=O)=O)c2ccocc-2c1C(=O)c1ccc(OCCCN(CCCC)CCCC)cc1.Cl. The summed E-state index contributed by atoms with van der Waals surface area (Å²) in [5.74, 6) is 0.566. The van der Waals surface area contributed by atoms with E-state index < -0.39 is 10.0 Å². The van der Waals surface area contributed by atoms with Crippen molar-refractivity contribution in [3.63, 3.8) is 0 Å². The molecule has 0 atom stereocenters. The first-order valence-electron chi connectivity index (χ1n) is 14.3. The van der Waals surface area contributed by atoms with Gasteiger partial charge in [-0.05, 0) is 81.1 Å². The van der Waals surface area contributed by atoms with E-state index in [1.807, 2.05) is 12.1 Å². The smallest absolute Gasteiger partial charge is 0.229 e. The van der Waals surface area contributed by atoms with E-state index in [0.29, 0.717) is 46.5 Å². The molecule has 222 valence electrons. The quantitative estimate of drug-likeness (QED) is 0.122. The molecular formula is C31H45ClN2O5S. The number of anilines is 1. The van der Waals surface area contributed by atoms with Crippen LogP contribution in [-0.2, 0) is 16.4 Å². The molecule has 9 heteroatoms. The van der Waals surface area contributed by atoms with Crippen molar-refractivity contribution in [2.75, 3.05) is 37.2 Å². The maximum Gasteiger partial charge on any atom is 0.229 e. The molecule has 40 heavy (non-hydrogen) atoms. The number of sulfonamides is 1. The Kier molecular flexibility index (Phi) is 14.0. The van der Waals surface area contributed by atoms with Gasteiger partial charge in [0.05, 0.1) is 31.1 Å². The Labute approximate surface area is 246 Å². The maximum absolute atomic E-state index is 13.8. The standard InChI is InChI=1S/C31H44N2O5S.ClH/c1-5-8-12-27-29(28-23-37-22-17-26(28)30(27)32-39(4,35)36)31(34)24-13-15-25(16-14-24)38-21-11-20-33(18-9-6-2)19-10-7-3;/h13-17,22-23,32H,5-12,18-21H2,1-4H3;1H. The van der Waals surface area contributed by atoms with E-state index >= 15 is 0 Å². The van der Waals surface area contributed by atoms with E-state index in [1.165, 1.54) is 38.2 Å². The number of carbonyl (C=O) groups is 1. The van der Waals surface area contributed by atoms with Gasteiger partial charge in [0.2, 0.25) is 10.0 Å². The van der Waals surface area contributed by atoms with E-state index in [9.17, 15) is 13.2 Å². The fourth-order valence-electron chi connectivity index (χ4n) is 4.82. The van der Waals surface area contributed by atoms with E-state index in [-0.39, 0.29) is 18.2 Å². The summed E-state index contributed by atoms with van der Waals surface area (Å²) in [6, 6.07) is 8.92. The molecule has 1 aromatic rings. The van der Waals surface area contributed by atoms with Crippen molar-refractivity contribution in [1.82, 2.24) is 4.90 Å². The molecule has 0 fully saturated rings. The first-order valence-corrected chi connectivity index (χ1v) is 16.2. The molecular weight excluding hydrogens is 548 g/mol. The lowest BCUT2D eigenvalue weighted by atomic mass is 9.96. The third-order valence-corrected chi connectivity index (χ3v) is 7.46. The summed E-state index contributed by atoms with van der Waals surface area (Å²) in [6.45, 7) is 10.4. The van der Waals surface area contributed by atoms with Crippen LogP contribution >= 0.6 is 12.4 Å². The minimum atomic E-state index is -3.54. The topological polar surface area (TPSA) is 88.8 Å². The Morgan fingerprint density at radius 3 is 2.12 bits per heavy atom. The van der Waals surface area contributed by atoms with Crippen LogP contribution in [0.25, 0.3) is 11.1 Å². The fourth-order valence-corrected chi connectivity index (χ4v) is 5.42. The van der Waals surface area contributed by atoms with Gasteiger partial charge < -0.3 is 14.1 Å². The summed E-state index contributed by atoms with van der Waals surface area (Å²) in [4.78, 5) is 16.3.